The number of carbonyl (C=O) groups is 1. The van der Waals surface area contributed by atoms with Gasteiger partial charge in [0.05, 0.1) is 0 Å². The molecule has 1 saturated heterocycles. The van der Waals surface area contributed by atoms with E-state index in [-0.39, 0.29) is 11.4 Å². The molecular weight excluding hydrogens is 343 g/mol. The van der Waals surface area contributed by atoms with Crippen LogP contribution >= 0.6 is 0 Å². The van der Waals surface area contributed by atoms with E-state index in [9.17, 15) is 9.18 Å². The quantitative estimate of drug-likeness (QED) is 0.765. The molecule has 5 nitrogen and oxygen atoms in total. The Morgan fingerprint density at radius 2 is 1.89 bits per heavy atom. The first-order valence-corrected chi connectivity index (χ1v) is 9.00. The molecule has 27 heavy (non-hydrogen) atoms. The Morgan fingerprint density at radius 1 is 1.15 bits per heavy atom. The molecule has 3 aromatic rings. The Balaban J connectivity index is 1.63. The lowest BCUT2D eigenvalue weighted by Gasteiger charge is -2.22. The second-order valence-corrected chi connectivity index (χ2v) is 7.08. The van der Waals surface area contributed by atoms with Crippen molar-refractivity contribution >= 4 is 28.3 Å². The van der Waals surface area contributed by atoms with Gasteiger partial charge in [0.2, 0.25) is 5.91 Å². The van der Waals surface area contributed by atoms with Gasteiger partial charge in [-0.2, -0.15) is 0 Å². The number of para-hydroxylation sites is 1. The zero-order chi connectivity index (χ0) is 19.1. The largest absolute Gasteiger partial charge is 0.358 e. The molecule has 4 rings (SSSR count). The summed E-state index contributed by atoms with van der Waals surface area (Å²) in [7, 11) is 0. The highest BCUT2D eigenvalue weighted by Gasteiger charge is 2.34. The van der Waals surface area contributed by atoms with E-state index in [0.717, 1.165) is 16.8 Å². The van der Waals surface area contributed by atoms with Gasteiger partial charge >= 0.3 is 0 Å². The van der Waals surface area contributed by atoms with E-state index in [2.05, 4.69) is 34.3 Å². The van der Waals surface area contributed by atoms with E-state index in [4.69, 9.17) is 0 Å². The molecule has 0 saturated carbocycles. The fraction of sp³-hybridized carbons (Fsp3) is 0.286. The highest BCUT2D eigenvalue weighted by atomic mass is 19.1. The molecule has 1 aliphatic heterocycles. The van der Waals surface area contributed by atoms with Crippen molar-refractivity contribution in [2.24, 2.45) is 0 Å². The standard InChI is InChI=1S/C21H21FN4O/c1-12-9-13(2)19(14(3)10-12)26-8-7-17(21(26)27)25-20-15-5-4-6-16(22)18(15)23-11-24-20/h4-6,9-11,17H,7-8H2,1-3H3,(H,23,24,25). The minimum absolute atomic E-state index is 0.00761. The van der Waals surface area contributed by atoms with Crippen molar-refractivity contribution in [2.75, 3.05) is 16.8 Å². The summed E-state index contributed by atoms with van der Waals surface area (Å²) < 4.78 is 14.0. The summed E-state index contributed by atoms with van der Waals surface area (Å²) in [4.78, 5) is 23.1. The molecule has 2 heterocycles. The summed E-state index contributed by atoms with van der Waals surface area (Å²) >= 11 is 0. The van der Waals surface area contributed by atoms with Gasteiger partial charge in [0, 0.05) is 17.6 Å². The molecule has 1 fully saturated rings. The zero-order valence-electron chi connectivity index (χ0n) is 15.6. The van der Waals surface area contributed by atoms with Gasteiger partial charge in [0.15, 0.2) is 0 Å². The number of amides is 1. The van der Waals surface area contributed by atoms with Crippen molar-refractivity contribution in [3.63, 3.8) is 0 Å². The number of aromatic nitrogens is 2. The van der Waals surface area contributed by atoms with Crippen LogP contribution in [0.15, 0.2) is 36.7 Å². The molecule has 1 N–H and O–H groups in total. The van der Waals surface area contributed by atoms with Crippen molar-refractivity contribution in [3.05, 3.63) is 59.2 Å². The van der Waals surface area contributed by atoms with Crippen LogP contribution in [-0.2, 0) is 4.79 Å². The second-order valence-electron chi connectivity index (χ2n) is 7.08. The van der Waals surface area contributed by atoms with Crippen molar-refractivity contribution in [1.29, 1.82) is 0 Å². The van der Waals surface area contributed by atoms with Gasteiger partial charge in [0.25, 0.3) is 0 Å². The Labute approximate surface area is 157 Å². The van der Waals surface area contributed by atoms with Crippen molar-refractivity contribution in [2.45, 2.75) is 33.2 Å². The van der Waals surface area contributed by atoms with Crippen molar-refractivity contribution in [1.82, 2.24) is 9.97 Å². The average Bonchev–Trinajstić information content (AvgIpc) is 2.96. The minimum atomic E-state index is -0.400. The minimum Gasteiger partial charge on any atom is -0.358 e. The fourth-order valence-electron chi connectivity index (χ4n) is 3.97. The van der Waals surface area contributed by atoms with Crippen LogP contribution in [0.4, 0.5) is 15.9 Å². The molecule has 0 spiro atoms. The first-order valence-electron chi connectivity index (χ1n) is 9.00. The number of nitrogens with zero attached hydrogens (tertiary/aromatic N) is 3. The van der Waals surface area contributed by atoms with E-state index in [1.165, 1.54) is 18.0 Å². The van der Waals surface area contributed by atoms with Crippen LogP contribution in [-0.4, -0.2) is 28.5 Å². The van der Waals surface area contributed by atoms with Crippen molar-refractivity contribution in [3.8, 4) is 0 Å². The number of anilines is 2. The van der Waals surface area contributed by atoms with Gasteiger partial charge in [-0.25, -0.2) is 14.4 Å². The second kappa shape index (κ2) is 6.61. The van der Waals surface area contributed by atoms with Crippen LogP contribution in [0.5, 0.6) is 0 Å². The third-order valence-electron chi connectivity index (χ3n) is 5.04. The average molecular weight is 364 g/mol. The number of nitrogens with one attached hydrogen (secondary N) is 1. The Hall–Kier alpha value is -3.02. The molecule has 138 valence electrons. The molecule has 0 aliphatic carbocycles. The summed E-state index contributed by atoms with van der Waals surface area (Å²) in [5.41, 5.74) is 4.60. The third kappa shape index (κ3) is 3.01. The summed E-state index contributed by atoms with van der Waals surface area (Å²) in [6, 6.07) is 8.53. The Morgan fingerprint density at radius 3 is 2.63 bits per heavy atom. The van der Waals surface area contributed by atoms with Crippen LogP contribution in [0.3, 0.4) is 0 Å². The topological polar surface area (TPSA) is 58.1 Å². The number of carbonyl (C=O) groups excluding carboxylic acids is 1. The zero-order valence-corrected chi connectivity index (χ0v) is 15.6. The lowest BCUT2D eigenvalue weighted by molar-refractivity contribution is -0.117. The molecule has 2 aromatic carbocycles. The molecule has 1 amide bonds. The number of hydrogen-bond donors (Lipinski definition) is 1. The first-order chi connectivity index (χ1) is 13.0. The molecule has 1 aromatic heterocycles. The maximum Gasteiger partial charge on any atom is 0.249 e. The number of rotatable bonds is 3. The molecule has 0 radical (unpaired) electrons. The summed E-state index contributed by atoms with van der Waals surface area (Å²) in [5, 5.41) is 3.78. The lowest BCUT2D eigenvalue weighted by atomic mass is 10.0. The van der Waals surface area contributed by atoms with Gasteiger partial charge in [-0.15, -0.1) is 0 Å². The first kappa shape index (κ1) is 17.4. The number of aryl methyl sites for hydroxylation is 3. The van der Waals surface area contributed by atoms with Crippen LogP contribution in [0.25, 0.3) is 10.9 Å². The summed E-state index contributed by atoms with van der Waals surface area (Å²) in [6.07, 6.45) is 1.98. The molecule has 6 heteroatoms. The maximum absolute atomic E-state index is 14.0. The molecule has 1 atom stereocenters. The number of benzene rings is 2. The van der Waals surface area contributed by atoms with E-state index in [1.807, 2.05) is 18.7 Å². The van der Waals surface area contributed by atoms with Crippen LogP contribution in [0.1, 0.15) is 23.1 Å². The summed E-state index contributed by atoms with van der Waals surface area (Å²) in [5.74, 6) is 0.0912. The Bertz CT molecular complexity index is 1030. The fourth-order valence-corrected chi connectivity index (χ4v) is 3.97. The number of fused-ring (bicyclic) bond motifs is 1. The van der Waals surface area contributed by atoms with Crippen LogP contribution in [0.2, 0.25) is 0 Å². The normalized spacial score (nSPS) is 17.0. The molecular formula is C21H21FN4O. The third-order valence-corrected chi connectivity index (χ3v) is 5.04. The predicted molar refractivity (Wildman–Crippen MR) is 105 cm³/mol. The highest BCUT2D eigenvalue weighted by Crippen LogP contribution is 2.31. The number of hydrogen-bond acceptors (Lipinski definition) is 4. The molecule has 0 bridgehead atoms. The lowest BCUT2D eigenvalue weighted by Crippen LogP contribution is -2.34. The number of halogens is 1. The van der Waals surface area contributed by atoms with E-state index < -0.39 is 11.9 Å². The van der Waals surface area contributed by atoms with E-state index >= 15 is 0 Å². The van der Waals surface area contributed by atoms with Crippen molar-refractivity contribution < 1.29 is 9.18 Å². The van der Waals surface area contributed by atoms with Crippen LogP contribution < -0.4 is 10.2 Å². The van der Waals surface area contributed by atoms with Gasteiger partial charge in [-0.05, 0) is 50.5 Å². The van der Waals surface area contributed by atoms with Crippen LogP contribution in [0, 0.1) is 26.6 Å². The van der Waals surface area contributed by atoms with Gasteiger partial charge in [0.1, 0.15) is 29.5 Å². The smallest absolute Gasteiger partial charge is 0.249 e. The predicted octanol–water partition coefficient (Wildman–Crippen LogP) is 3.91. The molecule has 1 aliphatic rings. The molecule has 1 unspecified atom stereocenters. The summed E-state index contributed by atoms with van der Waals surface area (Å²) in [6.45, 7) is 6.76. The Kier molecular flexibility index (Phi) is 4.26. The SMILES string of the molecule is Cc1cc(C)c(N2CCC(Nc3ncnc4c(F)cccc34)C2=O)c(C)c1. The van der Waals surface area contributed by atoms with E-state index in [0.29, 0.717) is 24.2 Å². The maximum atomic E-state index is 14.0. The monoisotopic (exact) mass is 364 g/mol. The van der Waals surface area contributed by atoms with Gasteiger partial charge in [-0.3, -0.25) is 4.79 Å². The van der Waals surface area contributed by atoms with Gasteiger partial charge < -0.3 is 10.2 Å². The van der Waals surface area contributed by atoms with Gasteiger partial charge in [-0.1, -0.05) is 23.8 Å². The van der Waals surface area contributed by atoms with E-state index in [1.54, 1.807) is 12.1 Å². The highest BCUT2D eigenvalue weighted by molar-refractivity contribution is 6.03.